The van der Waals surface area contributed by atoms with Crippen molar-refractivity contribution in [3.63, 3.8) is 0 Å². The van der Waals surface area contributed by atoms with Crippen LogP contribution in [0.3, 0.4) is 0 Å². The number of rotatable bonds is 4. The van der Waals surface area contributed by atoms with Crippen LogP contribution >= 0.6 is 0 Å². The molecule has 1 spiro atoms. The van der Waals surface area contributed by atoms with E-state index < -0.39 is 26.9 Å². The number of hydrogen-bond donors (Lipinski definition) is 1. The second-order valence-corrected chi connectivity index (χ2v) is 11.3. The summed E-state index contributed by atoms with van der Waals surface area (Å²) in [6.45, 7) is 3.07. The van der Waals surface area contributed by atoms with E-state index in [1.54, 1.807) is 4.31 Å². The lowest BCUT2D eigenvalue weighted by atomic mass is 9.87. The van der Waals surface area contributed by atoms with Gasteiger partial charge in [0.2, 0.25) is 10.0 Å². The van der Waals surface area contributed by atoms with Crippen molar-refractivity contribution < 1.29 is 31.5 Å². The maximum Gasteiger partial charge on any atom is 0.490 e. The van der Waals surface area contributed by atoms with Gasteiger partial charge in [-0.2, -0.15) is 18.3 Å². The zero-order valence-corrected chi connectivity index (χ0v) is 19.5. The van der Waals surface area contributed by atoms with E-state index >= 15 is 0 Å². The van der Waals surface area contributed by atoms with Crippen LogP contribution in [0.15, 0.2) is 36.7 Å². The Bertz CT molecular complexity index is 1150. The van der Waals surface area contributed by atoms with Crippen LogP contribution in [0.5, 0.6) is 0 Å². The van der Waals surface area contributed by atoms with Gasteiger partial charge in [0.25, 0.3) is 0 Å². The fourth-order valence-electron chi connectivity index (χ4n) is 4.70. The van der Waals surface area contributed by atoms with Gasteiger partial charge in [0.15, 0.2) is 0 Å². The first-order valence-corrected chi connectivity index (χ1v) is 12.5. The van der Waals surface area contributed by atoms with Crippen molar-refractivity contribution in [2.45, 2.75) is 43.2 Å². The Morgan fingerprint density at radius 2 is 1.82 bits per heavy atom. The Labute approximate surface area is 196 Å². The number of aliphatic carboxylic acids is 1. The number of aryl methyl sites for hydroxylation is 1. The number of hydrogen-bond acceptors (Lipinski definition) is 5. The first-order valence-electron chi connectivity index (χ1n) is 11.1. The summed E-state index contributed by atoms with van der Waals surface area (Å²) in [6.07, 6.45) is 2.47. The molecule has 1 aromatic heterocycles. The van der Waals surface area contributed by atoms with E-state index in [0.717, 1.165) is 43.7 Å². The minimum Gasteiger partial charge on any atom is -0.475 e. The molecule has 8 nitrogen and oxygen atoms in total. The van der Waals surface area contributed by atoms with Gasteiger partial charge in [-0.25, -0.2) is 13.2 Å². The Kier molecular flexibility index (Phi) is 6.40. The van der Waals surface area contributed by atoms with Crippen LogP contribution in [0, 0.1) is 5.92 Å². The molecule has 0 atom stereocenters. The van der Waals surface area contributed by atoms with E-state index in [0.29, 0.717) is 25.3 Å². The average molecular weight is 501 g/mol. The number of alkyl halides is 3. The summed E-state index contributed by atoms with van der Waals surface area (Å²) in [5.41, 5.74) is 3.12. The molecule has 12 heteroatoms. The van der Waals surface area contributed by atoms with Crippen LogP contribution in [0.1, 0.15) is 36.8 Å². The third-order valence-corrected chi connectivity index (χ3v) is 9.18. The van der Waals surface area contributed by atoms with Crippen molar-refractivity contribution >= 4 is 21.7 Å². The molecule has 1 saturated heterocycles. The minimum absolute atomic E-state index is 0.536. The number of anilines is 1. The van der Waals surface area contributed by atoms with Crippen LogP contribution in [0.2, 0.25) is 0 Å². The smallest absolute Gasteiger partial charge is 0.475 e. The van der Waals surface area contributed by atoms with E-state index in [1.165, 1.54) is 5.56 Å². The van der Waals surface area contributed by atoms with Gasteiger partial charge in [0, 0.05) is 45.0 Å². The summed E-state index contributed by atoms with van der Waals surface area (Å²) >= 11 is 0. The monoisotopic (exact) mass is 500 g/mol. The molecule has 0 amide bonds. The fraction of sp³-hybridized carbons (Fsp3) is 0.545. The number of carboxylic acids is 1. The highest BCUT2D eigenvalue weighted by Crippen LogP contribution is 2.53. The molecule has 1 aliphatic carbocycles. The second-order valence-electron chi connectivity index (χ2n) is 9.09. The molecule has 34 heavy (non-hydrogen) atoms. The highest BCUT2D eigenvalue weighted by Gasteiger charge is 2.57. The summed E-state index contributed by atoms with van der Waals surface area (Å²) in [7, 11) is -1.44. The average Bonchev–Trinajstić information content (AvgIpc) is 3.48. The lowest BCUT2D eigenvalue weighted by Gasteiger charge is -2.39. The highest BCUT2D eigenvalue weighted by atomic mass is 32.2. The largest absolute Gasteiger partial charge is 0.490 e. The molecule has 5 rings (SSSR count). The van der Waals surface area contributed by atoms with Gasteiger partial charge in [-0.05, 0) is 43.2 Å². The quantitative estimate of drug-likeness (QED) is 0.693. The number of piperidine rings is 1. The molecule has 2 fully saturated rings. The molecule has 0 radical (unpaired) electrons. The van der Waals surface area contributed by atoms with Gasteiger partial charge in [-0.3, -0.25) is 13.9 Å². The molecule has 1 saturated carbocycles. The van der Waals surface area contributed by atoms with E-state index in [-0.39, 0.29) is 0 Å². The van der Waals surface area contributed by atoms with E-state index in [4.69, 9.17) is 9.90 Å². The summed E-state index contributed by atoms with van der Waals surface area (Å²) in [5.74, 6) is -2.22. The van der Waals surface area contributed by atoms with Gasteiger partial charge in [0.1, 0.15) is 4.75 Å². The van der Waals surface area contributed by atoms with E-state index in [2.05, 4.69) is 10.00 Å². The van der Waals surface area contributed by atoms with E-state index in [1.807, 2.05) is 48.4 Å². The number of carboxylic acid groups (broad SMARTS) is 1. The number of para-hydroxylation sites is 1. The third-order valence-electron chi connectivity index (χ3n) is 6.64. The maximum absolute atomic E-state index is 13.7. The number of fused-ring (bicyclic) bond motifs is 2. The topological polar surface area (TPSA) is 95.7 Å². The summed E-state index contributed by atoms with van der Waals surface area (Å²) < 4.78 is 61.8. The number of carbonyl (C=O) groups is 1. The van der Waals surface area contributed by atoms with Crippen LogP contribution in [0.4, 0.5) is 18.9 Å². The second kappa shape index (κ2) is 8.88. The fourth-order valence-corrected chi connectivity index (χ4v) is 7.09. The van der Waals surface area contributed by atoms with E-state index in [9.17, 15) is 21.6 Å². The molecule has 2 aliphatic heterocycles. The van der Waals surface area contributed by atoms with Crippen LogP contribution < -0.4 is 4.31 Å². The van der Waals surface area contributed by atoms with Gasteiger partial charge < -0.3 is 5.11 Å². The standard InChI is InChI=1S/C20H26N4O2S.C2HF3O2/c1-22-13-17(12-21-22)14-23-10-8-20(9-11-23)18-4-2-3-5-19(18)24(27(20,25)26)15-16-6-7-16;3-2(4,5)1(6)7/h2-5,12-13,16H,6-11,14-15H2,1H3;(H,6,7). The Hall–Kier alpha value is -2.60. The van der Waals surface area contributed by atoms with Gasteiger partial charge >= 0.3 is 12.1 Å². The Morgan fingerprint density at radius 3 is 2.35 bits per heavy atom. The minimum atomic E-state index is -5.08. The predicted molar refractivity (Wildman–Crippen MR) is 119 cm³/mol. The molecular formula is C22H27F3N4O4S. The molecular weight excluding hydrogens is 473 g/mol. The molecule has 0 unspecified atom stereocenters. The molecule has 0 bridgehead atoms. The molecule has 2 aromatic rings. The molecule has 3 aliphatic rings. The zero-order chi connectivity index (χ0) is 24.7. The van der Waals surface area contributed by atoms with Crippen LogP contribution in [-0.4, -0.2) is 60.0 Å². The van der Waals surface area contributed by atoms with Gasteiger partial charge in [0.05, 0.1) is 11.9 Å². The number of halogens is 3. The SMILES string of the molecule is Cn1cc(CN2CCC3(CC2)c2ccccc2N(CC2CC2)S3(=O)=O)cn1.O=C(O)C(F)(F)F. The number of nitrogens with zero attached hydrogens (tertiary/aromatic N) is 4. The predicted octanol–water partition coefficient (Wildman–Crippen LogP) is 3.10. The summed E-state index contributed by atoms with van der Waals surface area (Å²) in [5, 5.41) is 11.4. The van der Waals surface area contributed by atoms with Crippen LogP contribution in [0.25, 0.3) is 0 Å². The Balaban J connectivity index is 0.000000344. The normalized spacial score (nSPS) is 21.1. The lowest BCUT2D eigenvalue weighted by molar-refractivity contribution is -0.192. The first-order chi connectivity index (χ1) is 15.9. The van der Waals surface area contributed by atoms with Crippen molar-refractivity contribution in [3.05, 3.63) is 47.8 Å². The molecule has 1 aromatic carbocycles. The third kappa shape index (κ3) is 4.65. The summed E-state index contributed by atoms with van der Waals surface area (Å²) in [6, 6.07) is 7.98. The Morgan fingerprint density at radius 1 is 1.21 bits per heavy atom. The molecule has 186 valence electrons. The maximum atomic E-state index is 13.7. The van der Waals surface area contributed by atoms with Crippen molar-refractivity contribution in [2.24, 2.45) is 13.0 Å². The van der Waals surface area contributed by atoms with Crippen molar-refractivity contribution in [3.8, 4) is 0 Å². The van der Waals surface area contributed by atoms with Crippen molar-refractivity contribution in [1.29, 1.82) is 0 Å². The lowest BCUT2D eigenvalue weighted by Crippen LogP contribution is -2.48. The number of benzene rings is 1. The molecule has 3 heterocycles. The summed E-state index contributed by atoms with van der Waals surface area (Å²) in [4.78, 5) is 11.2. The number of aromatic nitrogens is 2. The van der Waals surface area contributed by atoms with Crippen molar-refractivity contribution in [1.82, 2.24) is 14.7 Å². The van der Waals surface area contributed by atoms with Crippen molar-refractivity contribution in [2.75, 3.05) is 23.9 Å². The molecule has 1 N–H and O–H groups in total. The number of sulfonamides is 1. The highest BCUT2D eigenvalue weighted by molar-refractivity contribution is 7.94. The van der Waals surface area contributed by atoms with Crippen LogP contribution in [-0.2, 0) is 33.2 Å². The number of likely N-dealkylation sites (tertiary alicyclic amines) is 1. The van der Waals surface area contributed by atoms with Gasteiger partial charge in [-0.1, -0.05) is 18.2 Å². The van der Waals surface area contributed by atoms with Gasteiger partial charge in [-0.15, -0.1) is 0 Å². The first kappa shape index (κ1) is 24.5. The zero-order valence-electron chi connectivity index (χ0n) is 18.7.